The summed E-state index contributed by atoms with van der Waals surface area (Å²) in [6, 6.07) is 16.8. The van der Waals surface area contributed by atoms with Crippen molar-refractivity contribution in [3.05, 3.63) is 71.8 Å². The number of hydrogen-bond donors (Lipinski definition) is 0. The molecule has 2 atom stereocenters. The highest BCUT2D eigenvalue weighted by molar-refractivity contribution is 6.01. The van der Waals surface area contributed by atoms with Gasteiger partial charge >= 0.3 is 0 Å². The molecule has 1 fully saturated rings. The van der Waals surface area contributed by atoms with Gasteiger partial charge in [-0.25, -0.2) is 8.78 Å². The Morgan fingerprint density at radius 3 is 2.00 bits per heavy atom. The van der Waals surface area contributed by atoms with Crippen LogP contribution >= 0.6 is 0 Å². The second-order valence-corrected chi connectivity index (χ2v) is 4.77. The van der Waals surface area contributed by atoms with E-state index in [9.17, 15) is 13.6 Å². The number of rotatable bonds is 3. The highest BCUT2D eigenvalue weighted by Crippen LogP contribution is 2.62. The Labute approximate surface area is 109 Å². The van der Waals surface area contributed by atoms with Crippen LogP contribution in [0.15, 0.2) is 60.7 Å². The van der Waals surface area contributed by atoms with Crippen LogP contribution in [-0.4, -0.2) is 11.7 Å². The summed E-state index contributed by atoms with van der Waals surface area (Å²) >= 11 is 0. The van der Waals surface area contributed by atoms with Gasteiger partial charge in [0.1, 0.15) is 0 Å². The summed E-state index contributed by atoms with van der Waals surface area (Å²) in [6.07, 6.45) is 0. The Bertz CT molecular complexity index is 593. The van der Waals surface area contributed by atoms with Gasteiger partial charge in [0.05, 0.1) is 11.8 Å². The predicted molar refractivity (Wildman–Crippen MR) is 68.4 cm³/mol. The van der Waals surface area contributed by atoms with Gasteiger partial charge < -0.3 is 0 Å². The van der Waals surface area contributed by atoms with Crippen LogP contribution in [0.5, 0.6) is 0 Å². The summed E-state index contributed by atoms with van der Waals surface area (Å²) in [7, 11) is 0. The fraction of sp³-hybridized carbons (Fsp3) is 0.188. The SMILES string of the molecule is O=C(c1ccccc1)[C@H]1[C@H](c2ccccc2)C1(F)F. The molecule has 3 heteroatoms. The minimum Gasteiger partial charge on any atom is -0.294 e. The van der Waals surface area contributed by atoms with Gasteiger partial charge in [-0.2, -0.15) is 0 Å². The van der Waals surface area contributed by atoms with Crippen molar-refractivity contribution in [1.29, 1.82) is 0 Å². The first-order valence-corrected chi connectivity index (χ1v) is 6.14. The lowest BCUT2D eigenvalue weighted by atomic mass is 10.0. The summed E-state index contributed by atoms with van der Waals surface area (Å²) in [6.45, 7) is 0. The Kier molecular flexibility index (Phi) is 2.70. The molecule has 1 saturated carbocycles. The zero-order valence-electron chi connectivity index (χ0n) is 10.1. The lowest BCUT2D eigenvalue weighted by Gasteiger charge is -1.98. The van der Waals surface area contributed by atoms with Gasteiger partial charge in [0, 0.05) is 5.56 Å². The maximum Gasteiger partial charge on any atom is 0.266 e. The maximum atomic E-state index is 13.9. The van der Waals surface area contributed by atoms with Gasteiger partial charge in [0.2, 0.25) is 0 Å². The van der Waals surface area contributed by atoms with Crippen molar-refractivity contribution >= 4 is 5.78 Å². The number of alkyl halides is 2. The summed E-state index contributed by atoms with van der Waals surface area (Å²) < 4.78 is 27.7. The summed E-state index contributed by atoms with van der Waals surface area (Å²) in [5.74, 6) is -5.62. The van der Waals surface area contributed by atoms with Crippen LogP contribution in [0, 0.1) is 5.92 Å². The summed E-state index contributed by atoms with van der Waals surface area (Å²) in [5, 5.41) is 0. The van der Waals surface area contributed by atoms with Crippen molar-refractivity contribution in [1.82, 2.24) is 0 Å². The van der Waals surface area contributed by atoms with Crippen LogP contribution in [0.25, 0.3) is 0 Å². The first kappa shape index (κ1) is 12.0. The van der Waals surface area contributed by atoms with E-state index in [1.54, 1.807) is 60.7 Å². The normalized spacial score (nSPS) is 23.9. The lowest BCUT2D eigenvalue weighted by molar-refractivity contribution is 0.0742. The molecule has 0 bridgehead atoms. The van der Waals surface area contributed by atoms with Crippen LogP contribution in [0.4, 0.5) is 8.78 Å². The van der Waals surface area contributed by atoms with Gasteiger partial charge in [0.15, 0.2) is 5.78 Å². The molecule has 19 heavy (non-hydrogen) atoms. The maximum absolute atomic E-state index is 13.9. The third kappa shape index (κ3) is 1.95. The number of hydrogen-bond acceptors (Lipinski definition) is 1. The van der Waals surface area contributed by atoms with Gasteiger partial charge in [0.25, 0.3) is 5.92 Å². The molecule has 0 unspecified atom stereocenters. The molecular weight excluding hydrogens is 246 g/mol. The Morgan fingerprint density at radius 1 is 0.895 bits per heavy atom. The van der Waals surface area contributed by atoms with Crippen molar-refractivity contribution in [2.75, 3.05) is 0 Å². The van der Waals surface area contributed by atoms with Crippen molar-refractivity contribution in [2.24, 2.45) is 5.92 Å². The second-order valence-electron chi connectivity index (χ2n) is 4.77. The average Bonchev–Trinajstić information content (AvgIpc) is 3.02. The van der Waals surface area contributed by atoms with E-state index in [1.165, 1.54) is 0 Å². The van der Waals surface area contributed by atoms with E-state index in [-0.39, 0.29) is 0 Å². The molecule has 0 spiro atoms. The van der Waals surface area contributed by atoms with E-state index < -0.39 is 23.5 Å². The number of carbonyl (C=O) groups excluding carboxylic acids is 1. The smallest absolute Gasteiger partial charge is 0.266 e. The summed E-state index contributed by atoms with van der Waals surface area (Å²) in [4.78, 5) is 12.1. The van der Waals surface area contributed by atoms with E-state index in [4.69, 9.17) is 0 Å². The third-order valence-electron chi connectivity index (χ3n) is 3.55. The highest BCUT2D eigenvalue weighted by atomic mass is 19.3. The molecule has 0 N–H and O–H groups in total. The Morgan fingerprint density at radius 2 is 1.42 bits per heavy atom. The molecule has 0 heterocycles. The first-order valence-electron chi connectivity index (χ1n) is 6.14. The highest BCUT2D eigenvalue weighted by Gasteiger charge is 2.71. The van der Waals surface area contributed by atoms with Crippen LogP contribution in [0.1, 0.15) is 21.8 Å². The Hall–Kier alpha value is -2.03. The molecule has 0 aliphatic heterocycles. The summed E-state index contributed by atoms with van der Waals surface area (Å²) in [5.41, 5.74) is 0.882. The molecular formula is C16H12F2O. The van der Waals surface area contributed by atoms with Gasteiger partial charge in [-0.05, 0) is 5.56 Å². The second kappa shape index (κ2) is 4.26. The van der Waals surface area contributed by atoms with Gasteiger partial charge in [-0.3, -0.25) is 4.79 Å². The minimum atomic E-state index is -2.94. The fourth-order valence-corrected chi connectivity index (χ4v) is 2.51. The van der Waals surface area contributed by atoms with Crippen LogP contribution in [0.2, 0.25) is 0 Å². The van der Waals surface area contributed by atoms with Crippen molar-refractivity contribution in [3.8, 4) is 0 Å². The molecule has 1 aliphatic rings. The van der Waals surface area contributed by atoms with Crippen LogP contribution in [-0.2, 0) is 0 Å². The Balaban J connectivity index is 1.89. The van der Waals surface area contributed by atoms with Crippen molar-refractivity contribution in [2.45, 2.75) is 11.8 Å². The minimum absolute atomic E-state index is 0.352. The quantitative estimate of drug-likeness (QED) is 0.763. The molecule has 0 aromatic heterocycles. The third-order valence-corrected chi connectivity index (χ3v) is 3.55. The fourth-order valence-electron chi connectivity index (χ4n) is 2.51. The molecule has 0 amide bonds. The number of benzene rings is 2. The molecule has 0 saturated heterocycles. The predicted octanol–water partition coefficient (Wildman–Crippen LogP) is 3.92. The molecule has 96 valence electrons. The number of Topliss-reactive ketones (excluding diaryl/α,β-unsaturated/α-hetero) is 1. The molecule has 2 aromatic carbocycles. The number of halogens is 2. The standard InChI is InChI=1S/C16H12F2O/c17-16(18)13(11-7-3-1-4-8-11)14(16)15(19)12-9-5-2-6-10-12/h1-10,13-14H/t13-,14+/m0/s1. The molecule has 3 rings (SSSR count). The van der Waals surface area contributed by atoms with Crippen molar-refractivity contribution in [3.63, 3.8) is 0 Å². The molecule has 1 nitrogen and oxygen atoms in total. The van der Waals surface area contributed by atoms with E-state index in [0.29, 0.717) is 11.1 Å². The van der Waals surface area contributed by atoms with E-state index >= 15 is 0 Å². The van der Waals surface area contributed by atoms with Crippen LogP contribution in [0.3, 0.4) is 0 Å². The number of ketones is 1. The van der Waals surface area contributed by atoms with Gasteiger partial charge in [-0.1, -0.05) is 60.7 Å². The number of carbonyl (C=O) groups is 1. The van der Waals surface area contributed by atoms with Crippen LogP contribution < -0.4 is 0 Å². The average molecular weight is 258 g/mol. The van der Waals surface area contributed by atoms with Crippen molar-refractivity contribution < 1.29 is 13.6 Å². The van der Waals surface area contributed by atoms with Gasteiger partial charge in [-0.15, -0.1) is 0 Å². The first-order chi connectivity index (χ1) is 9.12. The molecule has 1 aliphatic carbocycles. The largest absolute Gasteiger partial charge is 0.294 e. The topological polar surface area (TPSA) is 17.1 Å². The monoisotopic (exact) mass is 258 g/mol. The lowest BCUT2D eigenvalue weighted by Crippen LogP contribution is -2.07. The van der Waals surface area contributed by atoms with E-state index in [0.717, 1.165) is 0 Å². The van der Waals surface area contributed by atoms with E-state index in [1.807, 2.05) is 0 Å². The zero-order valence-corrected chi connectivity index (χ0v) is 10.1. The zero-order chi connectivity index (χ0) is 13.5. The molecule has 0 radical (unpaired) electrons. The van der Waals surface area contributed by atoms with E-state index in [2.05, 4.69) is 0 Å². The molecule has 2 aromatic rings.